The molecule has 0 aliphatic rings. The summed E-state index contributed by atoms with van der Waals surface area (Å²) in [6.07, 6.45) is 9.91. The third kappa shape index (κ3) is 16.2. The van der Waals surface area contributed by atoms with Crippen molar-refractivity contribution in [1.29, 1.82) is 0 Å². The third-order valence-electron chi connectivity index (χ3n) is 24.1. The highest BCUT2D eigenvalue weighted by Gasteiger charge is 2.28. The molecule has 123 heavy (non-hydrogen) atoms. The monoisotopic (exact) mass is 1610 g/mol. The van der Waals surface area contributed by atoms with Gasteiger partial charge in [0.25, 0.3) is 0 Å². The molecule has 0 unspecified atom stereocenters. The fourth-order valence-electron chi connectivity index (χ4n) is 17.3. The van der Waals surface area contributed by atoms with Crippen LogP contribution in [0.1, 0.15) is 121 Å². The highest BCUT2D eigenvalue weighted by molar-refractivity contribution is 6.12. The second-order valence-electron chi connectivity index (χ2n) is 34.5. The van der Waals surface area contributed by atoms with E-state index in [1.165, 1.54) is 89.0 Å². The van der Waals surface area contributed by atoms with Crippen molar-refractivity contribution in [2.24, 2.45) is 34.1 Å². The molecule has 20 aromatic rings. The van der Waals surface area contributed by atoms with Gasteiger partial charge in [-0.2, -0.15) is 0 Å². The molecular formula is C111H106N8O4+4. The van der Waals surface area contributed by atoms with E-state index in [9.17, 15) is 0 Å². The van der Waals surface area contributed by atoms with Crippen LogP contribution < -0.4 is 18.3 Å². The van der Waals surface area contributed by atoms with Gasteiger partial charge in [-0.15, -0.1) is 0 Å². The maximum Gasteiger partial charge on any atom is 0.227 e. The van der Waals surface area contributed by atoms with Crippen LogP contribution in [0.15, 0.2) is 285 Å². The van der Waals surface area contributed by atoms with Crippen LogP contribution in [-0.4, -0.2) is 19.9 Å². The summed E-state index contributed by atoms with van der Waals surface area (Å²) >= 11 is 0. The minimum Gasteiger partial charge on any atom is -0.437 e. The lowest BCUT2D eigenvalue weighted by Crippen LogP contribution is -2.31. The zero-order valence-electron chi connectivity index (χ0n) is 74.1. The number of aromatic nitrogens is 8. The fourth-order valence-corrected chi connectivity index (χ4v) is 17.3. The van der Waals surface area contributed by atoms with E-state index in [0.29, 0.717) is 40.6 Å². The van der Waals surface area contributed by atoms with Crippen LogP contribution in [0.4, 0.5) is 0 Å². The number of rotatable bonds is 12. The van der Waals surface area contributed by atoms with Gasteiger partial charge in [-0.05, 0) is 220 Å². The largest absolute Gasteiger partial charge is 0.437 e. The Hall–Kier alpha value is -13.8. The van der Waals surface area contributed by atoms with Crippen LogP contribution >= 0.6 is 0 Å². The van der Waals surface area contributed by atoms with Crippen LogP contribution in [0, 0.1) is 68.2 Å². The number of benzene rings is 8. The highest BCUT2D eigenvalue weighted by atomic mass is 16.4. The standard InChI is InChI=1S/C29H29N2O.2C28H27N2O.C26H23N2O/c1-18(2)16-21-8-10-22(11-9-21)23-12-15-26(31(5)17-23)27-19(3)6-13-24-25-14-7-20(4)30-29(25)32-28(24)27;1-17(2)20-8-10-21(11-9-20)22-12-15-25(30(5)16-22)26-18(3)6-13-23-24-14-7-19(4)29-28(24)31-27(23)26;1-17(2)20-7-6-8-21(15-20)22-11-14-25(30(5)16-22)26-18(3)9-12-23-24-13-10-19(4)29-28(24)31-27(23)26;1-16-6-5-7-19(14-16)20-10-13-23(28(4)15-20)24-17(2)8-11-21-22-12-9-18(3)27-26(22)29-25(21)24/h6-15,17-18H,16H2,1-5H3;2*6-17H,1-5H3;5-15H,1-4H3/q4*+1. The Kier molecular flexibility index (Phi) is 22.3. The van der Waals surface area contributed by atoms with Gasteiger partial charge in [-0.3, -0.25) is 0 Å². The van der Waals surface area contributed by atoms with Crippen molar-refractivity contribution in [3.63, 3.8) is 0 Å². The smallest absolute Gasteiger partial charge is 0.227 e. The van der Waals surface area contributed by atoms with Crippen LogP contribution in [-0.2, 0) is 34.6 Å². The van der Waals surface area contributed by atoms with Gasteiger partial charge in [0.05, 0.1) is 22.3 Å². The molecule has 0 fully saturated rings. The fraction of sp³-hybridized carbons (Fsp3) is 0.207. The summed E-state index contributed by atoms with van der Waals surface area (Å²) in [7, 11) is 8.41. The van der Waals surface area contributed by atoms with Gasteiger partial charge in [-0.25, -0.2) is 38.2 Å². The molecule has 0 radical (unpaired) electrons. The first kappa shape index (κ1) is 81.5. The van der Waals surface area contributed by atoms with Gasteiger partial charge in [0.2, 0.25) is 45.6 Å². The summed E-state index contributed by atoms with van der Waals surface area (Å²) in [5, 5.41) is 8.68. The molecule has 0 bridgehead atoms. The van der Waals surface area contributed by atoms with Crippen molar-refractivity contribution in [3.8, 4) is 89.5 Å². The highest BCUT2D eigenvalue weighted by Crippen LogP contribution is 2.43. The maximum absolute atomic E-state index is 6.29. The number of fused-ring (bicyclic) bond motifs is 12. The molecule has 0 aliphatic carbocycles. The zero-order valence-corrected chi connectivity index (χ0v) is 74.1. The van der Waals surface area contributed by atoms with Crippen LogP contribution in [0.2, 0.25) is 0 Å². The Morgan fingerprint density at radius 2 is 0.545 bits per heavy atom. The van der Waals surface area contributed by atoms with Gasteiger partial charge in [0, 0.05) is 112 Å². The predicted octanol–water partition coefficient (Wildman–Crippen LogP) is 26.8. The Bertz CT molecular complexity index is 7480. The van der Waals surface area contributed by atoms with E-state index in [2.05, 4.69) is 386 Å². The summed E-state index contributed by atoms with van der Waals surface area (Å²) in [6, 6.07) is 86.6. The lowest BCUT2D eigenvalue weighted by molar-refractivity contribution is -0.660. The topological polar surface area (TPSA) is 120 Å². The normalized spacial score (nSPS) is 11.6. The molecule has 610 valence electrons. The minimum absolute atomic E-state index is 0.513. The van der Waals surface area contributed by atoms with Crippen molar-refractivity contribution < 1.29 is 35.9 Å². The lowest BCUT2D eigenvalue weighted by atomic mass is 9.97. The first-order valence-corrected chi connectivity index (χ1v) is 42.8. The number of pyridine rings is 8. The van der Waals surface area contributed by atoms with Gasteiger partial charge < -0.3 is 17.7 Å². The third-order valence-corrected chi connectivity index (χ3v) is 24.1. The van der Waals surface area contributed by atoms with E-state index >= 15 is 0 Å². The summed E-state index contributed by atoms with van der Waals surface area (Å²) in [5.41, 5.74) is 39.1. The predicted molar refractivity (Wildman–Crippen MR) is 504 cm³/mol. The Balaban J connectivity index is 0.000000116. The van der Waals surface area contributed by atoms with Gasteiger partial charge in [0.1, 0.15) is 28.2 Å². The Morgan fingerprint density at radius 3 is 0.846 bits per heavy atom. The molecule has 0 saturated heterocycles. The summed E-state index contributed by atoms with van der Waals surface area (Å²) in [4.78, 5) is 18.4. The van der Waals surface area contributed by atoms with E-state index < -0.39 is 0 Å². The first-order chi connectivity index (χ1) is 59.2. The van der Waals surface area contributed by atoms with Gasteiger partial charge >= 0.3 is 0 Å². The van der Waals surface area contributed by atoms with Crippen molar-refractivity contribution in [3.05, 3.63) is 335 Å². The summed E-state index contributed by atoms with van der Waals surface area (Å²) in [5.74, 6) is 1.72. The average molecular weight is 1620 g/mol. The summed E-state index contributed by atoms with van der Waals surface area (Å²) < 4.78 is 33.9. The number of nitrogens with zero attached hydrogens (tertiary/aromatic N) is 8. The number of furan rings is 4. The van der Waals surface area contributed by atoms with Crippen molar-refractivity contribution in [2.45, 2.75) is 122 Å². The van der Waals surface area contributed by atoms with E-state index in [1.807, 2.05) is 52.0 Å². The molecule has 8 aromatic carbocycles. The molecule has 12 nitrogen and oxygen atoms in total. The molecule has 20 rings (SSSR count). The van der Waals surface area contributed by atoms with E-state index in [-0.39, 0.29) is 0 Å². The van der Waals surface area contributed by atoms with Crippen LogP contribution in [0.3, 0.4) is 0 Å². The molecule has 0 saturated carbocycles. The molecule has 0 aliphatic heterocycles. The first-order valence-electron chi connectivity index (χ1n) is 42.8. The van der Waals surface area contributed by atoms with Crippen molar-refractivity contribution >= 4 is 88.3 Å². The van der Waals surface area contributed by atoms with E-state index in [4.69, 9.17) is 17.7 Å². The van der Waals surface area contributed by atoms with Crippen molar-refractivity contribution in [1.82, 2.24) is 19.9 Å². The second kappa shape index (κ2) is 33.6. The van der Waals surface area contributed by atoms with E-state index in [0.717, 1.165) is 140 Å². The maximum atomic E-state index is 6.29. The van der Waals surface area contributed by atoms with Crippen LogP contribution in [0.5, 0.6) is 0 Å². The zero-order chi connectivity index (χ0) is 85.9. The molecule has 0 spiro atoms. The van der Waals surface area contributed by atoms with Gasteiger partial charge in [0.15, 0.2) is 47.1 Å². The molecule has 0 amide bonds. The molecule has 12 heterocycles. The molecule has 0 atom stereocenters. The number of aryl methyl sites for hydroxylation is 13. The lowest BCUT2D eigenvalue weighted by Gasteiger charge is -2.09. The SMILES string of the molecule is Cc1ccc2c(n1)oc1c(-c3ccc(-c4ccc(C(C)C)cc4)c[n+]3C)c(C)ccc12.Cc1ccc2c(n1)oc1c(-c3ccc(-c4ccc(CC(C)C)cc4)c[n+]3C)c(C)ccc12.Cc1ccc2c(n1)oc1c(-c3ccc(-c4cccc(C(C)C)c4)c[n+]3C)c(C)ccc12.Cc1cccc(-c2ccc(-c3c(C)ccc4c3oc3nc(C)ccc34)[n+](C)c2)c1. The van der Waals surface area contributed by atoms with E-state index in [1.54, 1.807) is 0 Å². The van der Waals surface area contributed by atoms with Crippen LogP contribution in [0.25, 0.3) is 178 Å². The minimum atomic E-state index is 0.513. The molecular weight excluding hydrogens is 1510 g/mol. The molecule has 12 aromatic heterocycles. The average Bonchev–Trinajstić information content (AvgIpc) is 1.63. The Morgan fingerprint density at radius 1 is 0.260 bits per heavy atom. The quantitative estimate of drug-likeness (QED) is 0.111. The molecule has 12 heteroatoms. The van der Waals surface area contributed by atoms with Crippen molar-refractivity contribution in [2.75, 3.05) is 0 Å². The number of hydrogen-bond acceptors (Lipinski definition) is 8. The molecule has 0 N–H and O–H groups in total. The number of hydrogen-bond donors (Lipinski definition) is 0. The Labute approximate surface area is 720 Å². The second-order valence-corrected chi connectivity index (χ2v) is 34.5. The van der Waals surface area contributed by atoms with Gasteiger partial charge in [-0.1, -0.05) is 193 Å². The summed E-state index contributed by atoms with van der Waals surface area (Å²) in [6.45, 7) is 32.1.